The molecule has 6 nitrogen and oxygen atoms in total. The first kappa shape index (κ1) is 20.6. The molecule has 2 rings (SSSR count). The lowest BCUT2D eigenvalue weighted by Gasteiger charge is -2.20. The molecular weight excluding hydrogens is 383 g/mol. The van der Waals surface area contributed by atoms with Gasteiger partial charge in [-0.05, 0) is 36.6 Å². The molecule has 0 aromatic heterocycles. The van der Waals surface area contributed by atoms with Crippen molar-refractivity contribution >= 4 is 34.7 Å². The summed E-state index contributed by atoms with van der Waals surface area (Å²) in [5.41, 5.74) is -1.35. The molecule has 1 amide bonds. The van der Waals surface area contributed by atoms with Crippen molar-refractivity contribution in [2.24, 2.45) is 0 Å². The molecule has 0 atom stereocenters. The number of nitro groups is 1. The Morgan fingerprint density at radius 3 is 2.37 bits per heavy atom. The Kier molecular flexibility index (Phi) is 5.99. The van der Waals surface area contributed by atoms with E-state index >= 15 is 0 Å². The molecule has 0 aliphatic carbocycles. The summed E-state index contributed by atoms with van der Waals surface area (Å²) in [6.45, 7) is 0. The molecule has 0 aliphatic heterocycles. The average Bonchev–Trinajstić information content (AvgIpc) is 2.59. The van der Waals surface area contributed by atoms with Crippen molar-refractivity contribution in [3.8, 4) is 0 Å². The van der Waals surface area contributed by atoms with Gasteiger partial charge in [0.25, 0.3) is 11.6 Å². The van der Waals surface area contributed by atoms with E-state index in [9.17, 15) is 28.1 Å². The van der Waals surface area contributed by atoms with Crippen molar-refractivity contribution < 1.29 is 22.9 Å². The molecule has 2 aromatic carbocycles. The molecule has 0 heterocycles. The highest BCUT2D eigenvalue weighted by Crippen LogP contribution is 2.35. The number of carbonyl (C=O) groups is 1. The first-order valence-electron chi connectivity index (χ1n) is 7.57. The normalized spacial score (nSPS) is 11.2. The fourth-order valence-electron chi connectivity index (χ4n) is 2.38. The molecule has 0 bridgehead atoms. The number of thioether (sulfide) groups is 1. The number of hydrogen-bond donors (Lipinski definition) is 1. The molecular formula is C17H16F3N3O3S. The van der Waals surface area contributed by atoms with Gasteiger partial charge in [-0.1, -0.05) is 0 Å². The molecule has 27 heavy (non-hydrogen) atoms. The number of carbonyl (C=O) groups excluding carboxylic acids is 1. The summed E-state index contributed by atoms with van der Waals surface area (Å²) in [5.74, 6) is -0.861. The number of alkyl halides is 3. The van der Waals surface area contributed by atoms with Gasteiger partial charge in [0, 0.05) is 25.1 Å². The lowest BCUT2D eigenvalue weighted by atomic mass is 10.1. The minimum atomic E-state index is -4.59. The zero-order valence-corrected chi connectivity index (χ0v) is 15.4. The minimum Gasteiger partial charge on any atom is -0.376 e. The van der Waals surface area contributed by atoms with E-state index in [1.807, 2.05) is 0 Å². The highest BCUT2D eigenvalue weighted by molar-refractivity contribution is 7.98. The van der Waals surface area contributed by atoms with Gasteiger partial charge in [-0.3, -0.25) is 14.9 Å². The van der Waals surface area contributed by atoms with Crippen molar-refractivity contribution in [2.45, 2.75) is 11.1 Å². The summed E-state index contributed by atoms with van der Waals surface area (Å²) >= 11 is 1.28. The second-order valence-electron chi connectivity index (χ2n) is 5.72. The van der Waals surface area contributed by atoms with Crippen molar-refractivity contribution in [1.82, 2.24) is 0 Å². The number of anilines is 2. The van der Waals surface area contributed by atoms with E-state index in [0.717, 1.165) is 12.1 Å². The van der Waals surface area contributed by atoms with Gasteiger partial charge < -0.3 is 10.2 Å². The first-order chi connectivity index (χ1) is 12.5. The predicted molar refractivity (Wildman–Crippen MR) is 98.6 cm³/mol. The molecule has 0 unspecified atom stereocenters. The minimum absolute atomic E-state index is 0.0938. The quantitative estimate of drug-likeness (QED) is 0.450. The molecule has 10 heteroatoms. The molecule has 0 radical (unpaired) electrons. The summed E-state index contributed by atoms with van der Waals surface area (Å²) < 4.78 is 39.0. The van der Waals surface area contributed by atoms with Gasteiger partial charge in [0.1, 0.15) is 5.56 Å². The van der Waals surface area contributed by atoms with Gasteiger partial charge in [-0.15, -0.1) is 11.8 Å². The Morgan fingerprint density at radius 1 is 1.19 bits per heavy atom. The lowest BCUT2D eigenvalue weighted by molar-refractivity contribution is -0.385. The third-order valence-corrected chi connectivity index (χ3v) is 4.42. The number of amides is 1. The number of nitrogens with zero attached hydrogens (tertiary/aromatic N) is 2. The lowest BCUT2D eigenvalue weighted by Crippen LogP contribution is -2.19. The summed E-state index contributed by atoms with van der Waals surface area (Å²) in [6.07, 6.45) is -2.85. The number of halogens is 3. The fourth-order valence-corrected chi connectivity index (χ4v) is 2.82. The van der Waals surface area contributed by atoms with E-state index in [-0.39, 0.29) is 11.3 Å². The standard InChI is InChI=1S/C17H16F3N3O3S/c1-22(2)15-6-4-10(17(18,19)20)8-13(15)21-16(24)12-9-11(27-3)5-7-14(12)23(25)26/h4-9H,1-3H3,(H,21,24). The largest absolute Gasteiger partial charge is 0.416 e. The van der Waals surface area contributed by atoms with Crippen molar-refractivity contribution in [1.29, 1.82) is 0 Å². The van der Waals surface area contributed by atoms with Gasteiger partial charge >= 0.3 is 6.18 Å². The average molecular weight is 399 g/mol. The zero-order valence-electron chi connectivity index (χ0n) is 14.6. The molecule has 1 N–H and O–H groups in total. The summed E-state index contributed by atoms with van der Waals surface area (Å²) in [6, 6.07) is 6.96. The number of rotatable bonds is 5. The molecule has 2 aromatic rings. The van der Waals surface area contributed by atoms with Crippen LogP contribution >= 0.6 is 11.8 Å². The van der Waals surface area contributed by atoms with Crippen molar-refractivity contribution in [2.75, 3.05) is 30.6 Å². The Labute approximate surface area is 157 Å². The van der Waals surface area contributed by atoms with Crippen molar-refractivity contribution in [3.05, 3.63) is 57.6 Å². The van der Waals surface area contributed by atoms with Gasteiger partial charge in [0.05, 0.1) is 21.9 Å². The highest BCUT2D eigenvalue weighted by atomic mass is 32.2. The fraction of sp³-hybridized carbons (Fsp3) is 0.235. The molecule has 0 saturated carbocycles. The van der Waals surface area contributed by atoms with Crippen LogP contribution in [0, 0.1) is 10.1 Å². The topological polar surface area (TPSA) is 75.5 Å². The van der Waals surface area contributed by atoms with Gasteiger partial charge in [0.15, 0.2) is 0 Å². The smallest absolute Gasteiger partial charge is 0.376 e. The van der Waals surface area contributed by atoms with Crippen LogP contribution in [0.25, 0.3) is 0 Å². The molecule has 144 valence electrons. The van der Waals surface area contributed by atoms with E-state index in [1.165, 1.54) is 40.9 Å². The first-order valence-corrected chi connectivity index (χ1v) is 8.79. The molecule has 0 fully saturated rings. The van der Waals surface area contributed by atoms with E-state index in [0.29, 0.717) is 10.6 Å². The Hall–Kier alpha value is -2.75. The monoisotopic (exact) mass is 399 g/mol. The number of nitro benzene ring substituents is 1. The number of benzene rings is 2. The second kappa shape index (κ2) is 7.87. The van der Waals surface area contributed by atoms with Gasteiger partial charge in [-0.25, -0.2) is 0 Å². The van der Waals surface area contributed by atoms with Crippen molar-refractivity contribution in [3.63, 3.8) is 0 Å². The van der Waals surface area contributed by atoms with Crippen LogP contribution in [0.5, 0.6) is 0 Å². The van der Waals surface area contributed by atoms with Crippen LogP contribution < -0.4 is 10.2 Å². The van der Waals surface area contributed by atoms with E-state index in [1.54, 1.807) is 20.4 Å². The van der Waals surface area contributed by atoms with E-state index < -0.39 is 28.3 Å². The van der Waals surface area contributed by atoms with Crippen LogP contribution in [-0.2, 0) is 6.18 Å². The summed E-state index contributed by atoms with van der Waals surface area (Å²) in [7, 11) is 3.21. The van der Waals surface area contributed by atoms with Crippen LogP contribution in [0.1, 0.15) is 15.9 Å². The maximum Gasteiger partial charge on any atom is 0.416 e. The van der Waals surface area contributed by atoms with E-state index in [4.69, 9.17) is 0 Å². The van der Waals surface area contributed by atoms with Crippen LogP contribution in [0.15, 0.2) is 41.3 Å². The van der Waals surface area contributed by atoms with Gasteiger partial charge in [0.2, 0.25) is 0 Å². The van der Waals surface area contributed by atoms with Crippen LogP contribution in [0.3, 0.4) is 0 Å². The van der Waals surface area contributed by atoms with Crippen LogP contribution in [-0.4, -0.2) is 31.2 Å². The Morgan fingerprint density at radius 2 is 1.85 bits per heavy atom. The SMILES string of the molecule is CSc1ccc([N+](=O)[O-])c(C(=O)Nc2cc(C(F)(F)F)ccc2N(C)C)c1. The third kappa shape index (κ3) is 4.70. The van der Waals surface area contributed by atoms with Crippen LogP contribution in [0.4, 0.5) is 30.2 Å². The Bertz CT molecular complexity index is 885. The second-order valence-corrected chi connectivity index (χ2v) is 6.60. The zero-order chi connectivity index (χ0) is 20.4. The van der Waals surface area contributed by atoms with Crippen LogP contribution in [0.2, 0.25) is 0 Å². The molecule has 0 aliphatic rings. The molecule has 0 saturated heterocycles. The molecule has 0 spiro atoms. The maximum atomic E-state index is 13.0. The van der Waals surface area contributed by atoms with E-state index in [2.05, 4.69) is 5.32 Å². The highest BCUT2D eigenvalue weighted by Gasteiger charge is 2.31. The summed E-state index contributed by atoms with van der Waals surface area (Å²) in [4.78, 5) is 25.3. The maximum absolute atomic E-state index is 13.0. The predicted octanol–water partition coefficient (Wildman–Crippen LogP) is 4.65. The number of hydrogen-bond acceptors (Lipinski definition) is 5. The summed E-state index contributed by atoms with van der Waals surface area (Å²) in [5, 5.41) is 13.6. The van der Waals surface area contributed by atoms with Gasteiger partial charge in [-0.2, -0.15) is 13.2 Å². The Balaban J connectivity index is 2.50. The third-order valence-electron chi connectivity index (χ3n) is 3.70. The number of nitrogens with one attached hydrogen (secondary N) is 1.